The van der Waals surface area contributed by atoms with Gasteiger partial charge < -0.3 is 9.84 Å². The number of aromatic nitrogens is 2. The van der Waals surface area contributed by atoms with E-state index in [0.717, 1.165) is 0 Å². The first-order valence-electron chi connectivity index (χ1n) is 5.80. The van der Waals surface area contributed by atoms with Crippen molar-refractivity contribution in [2.45, 2.75) is 20.8 Å². The van der Waals surface area contributed by atoms with Crippen molar-refractivity contribution < 1.29 is 14.6 Å². The van der Waals surface area contributed by atoms with E-state index in [1.165, 1.54) is 10.7 Å². The lowest BCUT2D eigenvalue weighted by Crippen LogP contribution is -2.07. The van der Waals surface area contributed by atoms with Crippen molar-refractivity contribution in [3.8, 4) is 11.8 Å². The second kappa shape index (κ2) is 4.61. The van der Waals surface area contributed by atoms with Gasteiger partial charge in [0.15, 0.2) is 5.75 Å². The average molecular weight is 259 g/mol. The predicted molar refractivity (Wildman–Crippen MR) is 67.0 cm³/mol. The van der Waals surface area contributed by atoms with Gasteiger partial charge in [-0.25, -0.2) is 9.31 Å². The summed E-state index contributed by atoms with van der Waals surface area (Å²) >= 11 is 0. The van der Waals surface area contributed by atoms with Crippen molar-refractivity contribution in [2.24, 2.45) is 0 Å². The molecule has 0 amide bonds. The average Bonchev–Trinajstić information content (AvgIpc) is 2.63. The smallest absolute Gasteiger partial charge is 0.340 e. The van der Waals surface area contributed by atoms with E-state index in [2.05, 4.69) is 5.10 Å². The topological polar surface area (TPSA) is 87.6 Å². The monoisotopic (exact) mass is 259 g/mol. The summed E-state index contributed by atoms with van der Waals surface area (Å²) in [6.45, 7) is 5.40. The van der Waals surface area contributed by atoms with Crippen LogP contribution in [-0.4, -0.2) is 27.3 Å². The molecule has 0 bridgehead atoms. The van der Waals surface area contributed by atoms with E-state index in [9.17, 15) is 9.90 Å². The summed E-state index contributed by atoms with van der Waals surface area (Å²) in [6, 6.07) is 1.86. The van der Waals surface area contributed by atoms with Gasteiger partial charge in [0.1, 0.15) is 17.1 Å². The number of carbonyl (C=O) groups excluding carboxylic acids is 1. The highest BCUT2D eigenvalue weighted by atomic mass is 16.5. The number of ether oxygens (including phenoxy) is 1. The number of hydrogen-bond acceptors (Lipinski definition) is 5. The SMILES string of the molecule is CCOC(=O)c1c(C)c2c(O)c(C#N)cnn2c1C. The van der Waals surface area contributed by atoms with E-state index in [1.54, 1.807) is 20.8 Å². The Balaban J connectivity index is 2.80. The molecule has 0 aliphatic rings. The van der Waals surface area contributed by atoms with Crippen LogP contribution in [0.15, 0.2) is 6.20 Å². The van der Waals surface area contributed by atoms with Crippen LogP contribution in [0.1, 0.15) is 34.1 Å². The Labute approximate surface area is 109 Å². The minimum Gasteiger partial charge on any atom is -0.504 e. The summed E-state index contributed by atoms with van der Waals surface area (Å²) < 4.78 is 6.43. The van der Waals surface area contributed by atoms with Gasteiger partial charge in [0.2, 0.25) is 0 Å². The van der Waals surface area contributed by atoms with Crippen LogP contribution in [0.25, 0.3) is 5.52 Å². The Morgan fingerprint density at radius 3 is 2.84 bits per heavy atom. The fraction of sp³-hybridized carbons (Fsp3) is 0.308. The lowest BCUT2D eigenvalue weighted by molar-refractivity contribution is 0.0525. The number of aryl methyl sites for hydroxylation is 2. The van der Waals surface area contributed by atoms with Crippen LogP contribution in [0.4, 0.5) is 0 Å². The molecule has 0 aliphatic carbocycles. The Bertz CT molecular complexity index is 710. The molecule has 0 saturated heterocycles. The highest BCUT2D eigenvalue weighted by molar-refractivity contribution is 5.96. The first-order valence-corrected chi connectivity index (χ1v) is 5.80. The third kappa shape index (κ3) is 1.80. The van der Waals surface area contributed by atoms with Gasteiger partial charge in [-0.05, 0) is 26.3 Å². The van der Waals surface area contributed by atoms with Gasteiger partial charge >= 0.3 is 5.97 Å². The maximum absolute atomic E-state index is 11.9. The number of carbonyl (C=O) groups is 1. The summed E-state index contributed by atoms with van der Waals surface area (Å²) in [5, 5.41) is 23.0. The molecule has 19 heavy (non-hydrogen) atoms. The van der Waals surface area contributed by atoms with E-state index in [-0.39, 0.29) is 17.9 Å². The zero-order valence-electron chi connectivity index (χ0n) is 10.9. The lowest BCUT2D eigenvalue weighted by atomic mass is 10.1. The number of nitriles is 1. The maximum Gasteiger partial charge on any atom is 0.340 e. The van der Waals surface area contributed by atoms with Crippen LogP contribution in [-0.2, 0) is 4.74 Å². The molecule has 0 spiro atoms. The fourth-order valence-corrected chi connectivity index (χ4v) is 2.13. The molecular weight excluding hydrogens is 246 g/mol. The van der Waals surface area contributed by atoms with Crippen molar-refractivity contribution in [2.75, 3.05) is 6.61 Å². The van der Waals surface area contributed by atoms with Gasteiger partial charge in [0, 0.05) is 0 Å². The summed E-state index contributed by atoms with van der Waals surface area (Å²) in [5.74, 6) is -0.630. The molecule has 0 unspecified atom stereocenters. The van der Waals surface area contributed by atoms with Gasteiger partial charge in [-0.15, -0.1) is 0 Å². The fourth-order valence-electron chi connectivity index (χ4n) is 2.13. The Hall–Kier alpha value is -2.55. The molecule has 98 valence electrons. The quantitative estimate of drug-likeness (QED) is 0.829. The first kappa shape index (κ1) is 12.9. The normalized spacial score (nSPS) is 10.4. The molecule has 0 radical (unpaired) electrons. The highest BCUT2D eigenvalue weighted by Gasteiger charge is 2.23. The van der Waals surface area contributed by atoms with Crippen molar-refractivity contribution >= 4 is 11.5 Å². The van der Waals surface area contributed by atoms with Crippen LogP contribution in [0.5, 0.6) is 5.75 Å². The highest BCUT2D eigenvalue weighted by Crippen LogP contribution is 2.30. The van der Waals surface area contributed by atoms with Crippen LogP contribution in [0.3, 0.4) is 0 Å². The maximum atomic E-state index is 11.9. The number of nitrogens with zero attached hydrogens (tertiary/aromatic N) is 3. The Morgan fingerprint density at radius 2 is 2.26 bits per heavy atom. The largest absolute Gasteiger partial charge is 0.504 e. The lowest BCUT2D eigenvalue weighted by Gasteiger charge is -2.01. The molecule has 2 heterocycles. The molecule has 0 saturated carbocycles. The molecule has 1 N–H and O–H groups in total. The standard InChI is InChI=1S/C13H13N3O3/c1-4-19-13(18)10-7(2)11-12(17)9(5-14)6-15-16(11)8(10)3/h6,17H,4H2,1-3H3. The zero-order chi connectivity index (χ0) is 14.2. The number of aromatic hydroxyl groups is 1. The second-order valence-corrected chi connectivity index (χ2v) is 4.08. The molecular formula is C13H13N3O3. The summed E-state index contributed by atoms with van der Waals surface area (Å²) in [6.07, 6.45) is 1.27. The van der Waals surface area contributed by atoms with E-state index < -0.39 is 5.97 Å². The molecule has 6 nitrogen and oxygen atoms in total. The summed E-state index contributed by atoms with van der Waals surface area (Å²) in [7, 11) is 0. The number of hydrogen-bond donors (Lipinski definition) is 1. The molecule has 0 aromatic carbocycles. The molecule has 6 heteroatoms. The molecule has 0 fully saturated rings. The molecule has 0 atom stereocenters. The summed E-state index contributed by atoms with van der Waals surface area (Å²) in [5.41, 5.74) is 1.94. The number of fused-ring (bicyclic) bond motifs is 1. The van der Waals surface area contributed by atoms with Crippen molar-refractivity contribution in [1.82, 2.24) is 9.61 Å². The van der Waals surface area contributed by atoms with Gasteiger partial charge in [-0.2, -0.15) is 10.4 Å². The Kier molecular flexibility index (Phi) is 3.13. The number of rotatable bonds is 2. The van der Waals surface area contributed by atoms with Gasteiger partial charge in [-0.1, -0.05) is 0 Å². The van der Waals surface area contributed by atoms with Gasteiger partial charge in [0.05, 0.1) is 24.1 Å². The van der Waals surface area contributed by atoms with Crippen molar-refractivity contribution in [1.29, 1.82) is 5.26 Å². The first-order chi connectivity index (χ1) is 9.02. The second-order valence-electron chi connectivity index (χ2n) is 4.08. The van der Waals surface area contributed by atoms with E-state index in [4.69, 9.17) is 10.00 Å². The van der Waals surface area contributed by atoms with Crippen LogP contribution >= 0.6 is 0 Å². The van der Waals surface area contributed by atoms with E-state index in [0.29, 0.717) is 22.3 Å². The van der Waals surface area contributed by atoms with Crippen LogP contribution < -0.4 is 0 Å². The van der Waals surface area contributed by atoms with Gasteiger partial charge in [-0.3, -0.25) is 0 Å². The van der Waals surface area contributed by atoms with Crippen molar-refractivity contribution in [3.05, 3.63) is 28.6 Å². The summed E-state index contributed by atoms with van der Waals surface area (Å²) in [4.78, 5) is 11.9. The molecule has 0 aliphatic heterocycles. The van der Waals surface area contributed by atoms with Crippen molar-refractivity contribution in [3.63, 3.8) is 0 Å². The Morgan fingerprint density at radius 1 is 1.58 bits per heavy atom. The minimum atomic E-state index is -0.457. The predicted octanol–water partition coefficient (Wildman–Crippen LogP) is 1.71. The van der Waals surface area contributed by atoms with Crippen LogP contribution in [0, 0.1) is 25.2 Å². The third-order valence-corrected chi connectivity index (χ3v) is 3.00. The van der Waals surface area contributed by atoms with E-state index >= 15 is 0 Å². The minimum absolute atomic E-state index is 0.0727. The molecule has 2 aromatic heterocycles. The molecule has 2 aromatic rings. The number of esters is 1. The molecule has 2 rings (SSSR count). The van der Waals surface area contributed by atoms with Gasteiger partial charge in [0.25, 0.3) is 0 Å². The third-order valence-electron chi connectivity index (χ3n) is 3.00. The van der Waals surface area contributed by atoms with E-state index in [1.807, 2.05) is 6.07 Å². The van der Waals surface area contributed by atoms with Crippen LogP contribution in [0.2, 0.25) is 0 Å². The zero-order valence-corrected chi connectivity index (χ0v) is 10.9.